The Kier molecular flexibility index (Phi) is 7.58. The van der Waals surface area contributed by atoms with Crippen molar-refractivity contribution in [1.29, 1.82) is 0 Å². The average Bonchev–Trinajstić information content (AvgIpc) is 3.18. The smallest absolute Gasteiger partial charge is 0.408 e. The molecule has 0 aliphatic heterocycles. The molecule has 7 nitrogen and oxygen atoms in total. The molecule has 0 saturated carbocycles. The van der Waals surface area contributed by atoms with E-state index in [1.807, 2.05) is 19.0 Å². The van der Waals surface area contributed by atoms with Crippen molar-refractivity contribution < 1.29 is 26.7 Å². The van der Waals surface area contributed by atoms with Gasteiger partial charge in [0.2, 0.25) is 0 Å². The third-order valence-corrected chi connectivity index (χ3v) is 5.06. The van der Waals surface area contributed by atoms with Gasteiger partial charge in [0, 0.05) is 0 Å². The molecule has 0 saturated heterocycles. The van der Waals surface area contributed by atoms with Gasteiger partial charge in [0.25, 0.3) is 5.78 Å². The van der Waals surface area contributed by atoms with Gasteiger partial charge in [0.15, 0.2) is 11.6 Å². The van der Waals surface area contributed by atoms with Crippen molar-refractivity contribution >= 4 is 23.2 Å². The molecule has 2 heterocycles. The largest absolute Gasteiger partial charge is 0.490 e. The molecule has 3 aromatic rings. The van der Waals surface area contributed by atoms with Crippen LogP contribution in [0.4, 0.5) is 27.8 Å². The molecule has 13 heteroatoms. The van der Waals surface area contributed by atoms with Gasteiger partial charge in [0.05, 0.1) is 17.7 Å². The minimum atomic E-state index is -4.66. The zero-order valence-corrected chi connectivity index (χ0v) is 18.8. The quantitative estimate of drug-likeness (QED) is 0.263. The molecule has 0 unspecified atom stereocenters. The molecule has 0 fully saturated rings. The summed E-state index contributed by atoms with van der Waals surface area (Å²) >= 11 is 6.18. The zero-order valence-electron chi connectivity index (χ0n) is 18.0. The van der Waals surface area contributed by atoms with Gasteiger partial charge in [-0.2, -0.15) is 32.8 Å². The van der Waals surface area contributed by atoms with Gasteiger partial charge in [-0.05, 0) is 52.5 Å². The molecule has 3 rings (SSSR count). The van der Waals surface area contributed by atoms with Gasteiger partial charge in [-0.3, -0.25) is 0 Å². The number of anilines is 1. The van der Waals surface area contributed by atoms with Crippen LogP contribution in [0.5, 0.6) is 5.75 Å². The van der Waals surface area contributed by atoms with Gasteiger partial charge in [-0.25, -0.2) is 8.78 Å². The molecule has 33 heavy (non-hydrogen) atoms. The first-order chi connectivity index (χ1) is 15.5. The van der Waals surface area contributed by atoms with Crippen molar-refractivity contribution in [2.45, 2.75) is 32.0 Å². The molecule has 1 atom stereocenters. The van der Waals surface area contributed by atoms with E-state index in [9.17, 15) is 17.6 Å². The van der Waals surface area contributed by atoms with Crippen LogP contribution in [0.3, 0.4) is 0 Å². The lowest BCUT2D eigenvalue weighted by molar-refractivity contribution is -0.138. The lowest BCUT2D eigenvalue weighted by Crippen LogP contribution is -2.34. The van der Waals surface area contributed by atoms with E-state index >= 15 is 4.39 Å². The van der Waals surface area contributed by atoms with E-state index in [1.165, 1.54) is 0 Å². The summed E-state index contributed by atoms with van der Waals surface area (Å²) in [6, 6.07) is -0.0304. The Morgan fingerprint density at radius 3 is 2.58 bits per heavy atom. The number of nitrogens with zero attached hydrogens (tertiary/aromatic N) is 5. The van der Waals surface area contributed by atoms with Gasteiger partial charge >= 0.3 is 6.18 Å². The first kappa shape index (κ1) is 24.9. The fourth-order valence-corrected chi connectivity index (χ4v) is 3.30. The van der Waals surface area contributed by atoms with Crippen LogP contribution >= 0.6 is 11.6 Å². The van der Waals surface area contributed by atoms with Crippen LogP contribution in [0.15, 0.2) is 18.5 Å². The Morgan fingerprint density at radius 1 is 1.18 bits per heavy atom. The highest BCUT2D eigenvalue weighted by Crippen LogP contribution is 2.40. The molecule has 2 aromatic heterocycles. The zero-order chi connectivity index (χ0) is 24.3. The SMILES string of the molecule is C[C@@H](Nc1c(-c2c(F)ccc(OCCCCN(C)C)c2F)c(Cl)nc2ncnn12)C(F)(F)F. The highest BCUT2D eigenvalue weighted by molar-refractivity contribution is 6.33. The maximum absolute atomic E-state index is 15.4. The number of halogens is 6. The fraction of sp³-hybridized carbons (Fsp3) is 0.450. The van der Waals surface area contributed by atoms with Gasteiger partial charge < -0.3 is 15.0 Å². The van der Waals surface area contributed by atoms with Crippen LogP contribution in [0.2, 0.25) is 5.15 Å². The highest BCUT2D eigenvalue weighted by Gasteiger charge is 2.38. The molecule has 1 aromatic carbocycles. The van der Waals surface area contributed by atoms with Crippen molar-refractivity contribution in [3.8, 4) is 16.9 Å². The third-order valence-electron chi connectivity index (χ3n) is 4.79. The Hall–Kier alpha value is -2.73. The molecular weight excluding hydrogens is 471 g/mol. The Bertz CT molecular complexity index is 1120. The summed E-state index contributed by atoms with van der Waals surface area (Å²) in [4.78, 5) is 9.70. The predicted molar refractivity (Wildman–Crippen MR) is 114 cm³/mol. The molecule has 180 valence electrons. The van der Waals surface area contributed by atoms with E-state index in [-0.39, 0.29) is 18.1 Å². The minimum absolute atomic E-state index is 0.144. The molecule has 0 bridgehead atoms. The van der Waals surface area contributed by atoms with Crippen LogP contribution in [0, 0.1) is 11.6 Å². The van der Waals surface area contributed by atoms with Crippen molar-refractivity contribution in [2.75, 3.05) is 32.6 Å². The average molecular weight is 493 g/mol. The number of ether oxygens (including phenoxy) is 1. The van der Waals surface area contributed by atoms with Crippen LogP contribution < -0.4 is 10.1 Å². The van der Waals surface area contributed by atoms with Gasteiger partial charge in [-0.1, -0.05) is 11.6 Å². The van der Waals surface area contributed by atoms with Crippen LogP contribution in [0.25, 0.3) is 16.9 Å². The minimum Gasteiger partial charge on any atom is -0.490 e. The number of hydrogen-bond donors (Lipinski definition) is 1. The normalized spacial score (nSPS) is 13.0. The number of fused-ring (bicyclic) bond motifs is 1. The van der Waals surface area contributed by atoms with E-state index in [0.29, 0.717) is 6.42 Å². The first-order valence-corrected chi connectivity index (χ1v) is 10.4. The maximum atomic E-state index is 15.4. The molecule has 0 spiro atoms. The number of benzene rings is 1. The van der Waals surface area contributed by atoms with Crippen molar-refractivity contribution in [3.63, 3.8) is 0 Å². The Balaban J connectivity index is 2.05. The maximum Gasteiger partial charge on any atom is 0.408 e. The monoisotopic (exact) mass is 492 g/mol. The molecular formula is C20H22ClF5N6O. The van der Waals surface area contributed by atoms with Crippen LogP contribution in [0.1, 0.15) is 19.8 Å². The number of unbranched alkanes of at least 4 members (excludes halogenated alkanes) is 1. The van der Waals surface area contributed by atoms with E-state index in [2.05, 4.69) is 20.4 Å². The predicted octanol–water partition coefficient (Wildman–Crippen LogP) is 4.81. The number of nitrogens with one attached hydrogen (secondary N) is 1. The summed E-state index contributed by atoms with van der Waals surface area (Å²) in [7, 11) is 3.84. The second-order valence-electron chi connectivity index (χ2n) is 7.60. The molecule has 1 N–H and O–H groups in total. The van der Waals surface area contributed by atoms with E-state index in [1.54, 1.807) is 0 Å². The number of rotatable bonds is 9. The third kappa shape index (κ3) is 5.61. The van der Waals surface area contributed by atoms with Crippen molar-refractivity contribution in [2.24, 2.45) is 0 Å². The standard InChI is InChI=1S/C20H22ClF5N6O/c1-11(20(24,25)26)29-18-15(17(21)30-19-27-10-28-32(18)19)14-12(22)6-7-13(16(14)23)33-9-5-4-8-31(2)3/h6-7,10-11,29H,4-5,8-9H2,1-3H3/t11-/m1/s1. The van der Waals surface area contributed by atoms with Gasteiger partial charge in [-0.15, -0.1) is 0 Å². The summed E-state index contributed by atoms with van der Waals surface area (Å²) in [6.07, 6.45) is -2.21. The highest BCUT2D eigenvalue weighted by atomic mass is 35.5. The second-order valence-corrected chi connectivity index (χ2v) is 7.96. The van der Waals surface area contributed by atoms with E-state index in [0.717, 1.165) is 42.9 Å². The van der Waals surface area contributed by atoms with Crippen molar-refractivity contribution in [1.82, 2.24) is 24.5 Å². The van der Waals surface area contributed by atoms with Crippen LogP contribution in [-0.2, 0) is 0 Å². The summed E-state index contributed by atoms with van der Waals surface area (Å²) in [5.74, 6) is -2.99. The topological polar surface area (TPSA) is 67.6 Å². The Morgan fingerprint density at radius 2 is 1.91 bits per heavy atom. The molecule has 0 aliphatic carbocycles. The van der Waals surface area contributed by atoms with Gasteiger partial charge in [0.1, 0.15) is 29.2 Å². The lowest BCUT2D eigenvalue weighted by atomic mass is 10.1. The molecule has 0 amide bonds. The first-order valence-electron chi connectivity index (χ1n) is 9.99. The molecule has 0 aliphatic rings. The number of hydrogen-bond acceptors (Lipinski definition) is 6. The van der Waals surface area contributed by atoms with E-state index in [4.69, 9.17) is 16.3 Å². The van der Waals surface area contributed by atoms with Crippen molar-refractivity contribution in [3.05, 3.63) is 35.2 Å². The van der Waals surface area contributed by atoms with E-state index < -0.39 is 46.0 Å². The summed E-state index contributed by atoms with van der Waals surface area (Å²) in [5, 5.41) is 5.57. The number of aromatic nitrogens is 4. The molecule has 0 radical (unpaired) electrons. The second kappa shape index (κ2) is 10.0. The Labute approximate surface area is 191 Å². The number of alkyl halides is 3. The summed E-state index contributed by atoms with van der Waals surface area (Å²) < 4.78 is 76.3. The summed E-state index contributed by atoms with van der Waals surface area (Å²) in [5.41, 5.74) is -1.12. The summed E-state index contributed by atoms with van der Waals surface area (Å²) in [6.45, 7) is 1.83. The van der Waals surface area contributed by atoms with Crippen LogP contribution in [-0.4, -0.2) is 63.9 Å². The lowest BCUT2D eigenvalue weighted by Gasteiger charge is -2.22. The fourth-order valence-electron chi connectivity index (χ4n) is 3.04.